The van der Waals surface area contributed by atoms with E-state index in [9.17, 15) is 4.79 Å². The van der Waals surface area contributed by atoms with Crippen LogP contribution >= 0.6 is 11.8 Å². The van der Waals surface area contributed by atoms with Gasteiger partial charge in [-0.15, -0.1) is 11.8 Å². The summed E-state index contributed by atoms with van der Waals surface area (Å²) in [6.45, 7) is 5.39. The minimum Gasteiger partial charge on any atom is -0.302 e. The zero-order valence-corrected chi connectivity index (χ0v) is 13.5. The molecule has 0 N–H and O–H groups in total. The largest absolute Gasteiger partial charge is 0.302 e. The lowest BCUT2D eigenvalue weighted by Gasteiger charge is -2.33. The summed E-state index contributed by atoms with van der Waals surface area (Å²) in [6, 6.07) is 0.112. The summed E-state index contributed by atoms with van der Waals surface area (Å²) in [5, 5.41) is 1.33. The van der Waals surface area contributed by atoms with Crippen LogP contribution in [0.15, 0.2) is 4.99 Å². The van der Waals surface area contributed by atoms with E-state index in [1.807, 2.05) is 11.8 Å². The standard InChI is InChI=1S/C16H28N2OS/c1-2-3-5-9-18-10-6-4-7-14(12-15(18)13-19)16-17-8-11-20-16/h13-15H,2-12H2,1H3. The van der Waals surface area contributed by atoms with Crippen LogP contribution in [0.25, 0.3) is 0 Å². The number of nitrogens with zero attached hydrogens (tertiary/aromatic N) is 2. The van der Waals surface area contributed by atoms with Gasteiger partial charge in [-0.2, -0.15) is 0 Å². The Bertz CT molecular complexity index is 332. The van der Waals surface area contributed by atoms with Crippen LogP contribution in [0, 0.1) is 5.92 Å². The first-order valence-electron chi connectivity index (χ1n) is 8.21. The molecule has 2 heterocycles. The highest BCUT2D eigenvalue weighted by molar-refractivity contribution is 8.14. The van der Waals surface area contributed by atoms with Crippen molar-refractivity contribution in [3.8, 4) is 0 Å². The minimum absolute atomic E-state index is 0.112. The minimum atomic E-state index is 0.112. The smallest absolute Gasteiger partial charge is 0.137 e. The van der Waals surface area contributed by atoms with Gasteiger partial charge in [-0.05, 0) is 38.8 Å². The average molecular weight is 296 g/mol. The fourth-order valence-electron chi connectivity index (χ4n) is 3.24. The molecule has 2 aliphatic heterocycles. The highest BCUT2D eigenvalue weighted by Crippen LogP contribution is 2.29. The van der Waals surface area contributed by atoms with Crippen molar-refractivity contribution < 1.29 is 4.79 Å². The molecule has 2 unspecified atom stereocenters. The van der Waals surface area contributed by atoms with Gasteiger partial charge in [0.15, 0.2) is 0 Å². The third-order valence-corrected chi connectivity index (χ3v) is 5.55. The fourth-order valence-corrected chi connectivity index (χ4v) is 4.26. The van der Waals surface area contributed by atoms with Crippen molar-refractivity contribution in [2.24, 2.45) is 10.9 Å². The Morgan fingerprint density at radius 2 is 2.30 bits per heavy atom. The van der Waals surface area contributed by atoms with E-state index in [1.165, 1.54) is 49.9 Å². The van der Waals surface area contributed by atoms with Crippen LogP contribution < -0.4 is 0 Å². The lowest BCUT2D eigenvalue weighted by Crippen LogP contribution is -2.41. The topological polar surface area (TPSA) is 32.7 Å². The second kappa shape index (κ2) is 8.83. The Labute approximate surface area is 127 Å². The molecule has 4 heteroatoms. The summed E-state index contributed by atoms with van der Waals surface area (Å²) in [5.41, 5.74) is 0. The second-order valence-electron chi connectivity index (χ2n) is 5.94. The molecular weight excluding hydrogens is 268 g/mol. The predicted molar refractivity (Wildman–Crippen MR) is 87.7 cm³/mol. The van der Waals surface area contributed by atoms with Crippen LogP contribution in [-0.4, -0.2) is 47.7 Å². The van der Waals surface area contributed by atoms with Gasteiger partial charge in [0.25, 0.3) is 0 Å². The SMILES string of the molecule is CCCCCN1CCCCC(C2=NCCS2)CC1C=O. The molecule has 2 atom stereocenters. The molecule has 3 nitrogen and oxygen atoms in total. The summed E-state index contributed by atoms with van der Waals surface area (Å²) in [6.07, 6.45) is 9.64. The van der Waals surface area contributed by atoms with Crippen LogP contribution in [0.2, 0.25) is 0 Å². The summed E-state index contributed by atoms with van der Waals surface area (Å²) in [4.78, 5) is 18.6. The van der Waals surface area contributed by atoms with Crippen LogP contribution in [0.1, 0.15) is 51.9 Å². The zero-order valence-electron chi connectivity index (χ0n) is 12.7. The van der Waals surface area contributed by atoms with Crippen molar-refractivity contribution in [1.82, 2.24) is 4.90 Å². The van der Waals surface area contributed by atoms with Crippen molar-refractivity contribution in [3.63, 3.8) is 0 Å². The van der Waals surface area contributed by atoms with Gasteiger partial charge in [-0.1, -0.05) is 26.2 Å². The number of carbonyl (C=O) groups excluding carboxylic acids is 1. The molecule has 20 heavy (non-hydrogen) atoms. The Kier molecular flexibility index (Phi) is 7.08. The van der Waals surface area contributed by atoms with Gasteiger partial charge in [0.05, 0.1) is 11.1 Å². The molecule has 2 rings (SSSR count). The molecule has 0 spiro atoms. The summed E-state index contributed by atoms with van der Waals surface area (Å²) in [5.74, 6) is 1.67. The molecule has 2 aliphatic rings. The highest BCUT2D eigenvalue weighted by Gasteiger charge is 2.28. The molecule has 0 bridgehead atoms. The molecule has 0 aromatic rings. The maximum atomic E-state index is 11.5. The van der Waals surface area contributed by atoms with Crippen molar-refractivity contribution in [2.75, 3.05) is 25.4 Å². The Morgan fingerprint density at radius 1 is 1.40 bits per heavy atom. The van der Waals surface area contributed by atoms with E-state index < -0.39 is 0 Å². The van der Waals surface area contributed by atoms with Crippen LogP contribution in [0.5, 0.6) is 0 Å². The van der Waals surface area contributed by atoms with E-state index in [0.717, 1.165) is 31.8 Å². The molecular formula is C16H28N2OS. The third-order valence-electron chi connectivity index (χ3n) is 4.41. The lowest BCUT2D eigenvalue weighted by molar-refractivity contribution is -0.113. The van der Waals surface area contributed by atoms with Crippen LogP contribution in [0.3, 0.4) is 0 Å². The van der Waals surface area contributed by atoms with Gasteiger partial charge >= 0.3 is 0 Å². The van der Waals surface area contributed by atoms with E-state index >= 15 is 0 Å². The molecule has 0 aromatic carbocycles. The second-order valence-corrected chi connectivity index (χ2v) is 7.06. The number of hydrogen-bond donors (Lipinski definition) is 0. The summed E-state index contributed by atoms with van der Waals surface area (Å²) >= 11 is 1.92. The lowest BCUT2D eigenvalue weighted by atomic mass is 9.92. The van der Waals surface area contributed by atoms with Crippen molar-refractivity contribution in [1.29, 1.82) is 0 Å². The maximum absolute atomic E-state index is 11.5. The number of thioether (sulfide) groups is 1. The van der Waals surface area contributed by atoms with Gasteiger partial charge in [0.1, 0.15) is 6.29 Å². The number of aldehydes is 1. The van der Waals surface area contributed by atoms with Crippen molar-refractivity contribution >= 4 is 23.1 Å². The number of likely N-dealkylation sites (tertiary alicyclic amines) is 1. The molecule has 0 saturated carbocycles. The molecule has 114 valence electrons. The Morgan fingerprint density at radius 3 is 3.00 bits per heavy atom. The van der Waals surface area contributed by atoms with Gasteiger partial charge in [0.2, 0.25) is 0 Å². The van der Waals surface area contributed by atoms with Crippen LogP contribution in [-0.2, 0) is 4.79 Å². The maximum Gasteiger partial charge on any atom is 0.137 e. The Hall–Kier alpha value is -0.350. The number of carbonyl (C=O) groups is 1. The van der Waals surface area contributed by atoms with E-state index in [-0.39, 0.29) is 6.04 Å². The van der Waals surface area contributed by atoms with E-state index in [1.54, 1.807) is 0 Å². The highest BCUT2D eigenvalue weighted by atomic mass is 32.2. The van der Waals surface area contributed by atoms with Crippen molar-refractivity contribution in [2.45, 2.75) is 57.9 Å². The van der Waals surface area contributed by atoms with Gasteiger partial charge in [-0.25, -0.2) is 0 Å². The van der Waals surface area contributed by atoms with Crippen molar-refractivity contribution in [3.05, 3.63) is 0 Å². The van der Waals surface area contributed by atoms with Gasteiger partial charge in [0, 0.05) is 18.2 Å². The molecule has 0 aromatic heterocycles. The summed E-state index contributed by atoms with van der Waals surface area (Å²) < 4.78 is 0. The van der Waals surface area contributed by atoms with E-state index in [0.29, 0.717) is 5.92 Å². The molecule has 1 fully saturated rings. The first kappa shape index (κ1) is 16.0. The monoisotopic (exact) mass is 296 g/mol. The van der Waals surface area contributed by atoms with Gasteiger partial charge < -0.3 is 4.79 Å². The number of rotatable bonds is 6. The molecule has 0 amide bonds. The van der Waals surface area contributed by atoms with E-state index in [4.69, 9.17) is 0 Å². The summed E-state index contributed by atoms with van der Waals surface area (Å²) in [7, 11) is 0. The predicted octanol–water partition coefficient (Wildman–Crippen LogP) is 3.38. The van der Waals surface area contributed by atoms with E-state index in [2.05, 4.69) is 16.8 Å². The number of unbranched alkanes of at least 4 members (excludes halogenated alkanes) is 2. The van der Waals surface area contributed by atoms with Crippen LogP contribution in [0.4, 0.5) is 0 Å². The number of aliphatic imine (C=N–C) groups is 1. The fraction of sp³-hybridized carbons (Fsp3) is 0.875. The zero-order chi connectivity index (χ0) is 14.2. The first-order chi connectivity index (χ1) is 9.85. The quantitative estimate of drug-likeness (QED) is 0.556. The Balaban J connectivity index is 1.94. The molecule has 0 aliphatic carbocycles. The third kappa shape index (κ3) is 4.59. The average Bonchev–Trinajstić information content (AvgIpc) is 2.96. The molecule has 0 radical (unpaired) electrons. The van der Waals surface area contributed by atoms with Gasteiger partial charge in [-0.3, -0.25) is 9.89 Å². The number of hydrogen-bond acceptors (Lipinski definition) is 4. The normalized spacial score (nSPS) is 28.8. The first-order valence-corrected chi connectivity index (χ1v) is 9.20. The molecule has 1 saturated heterocycles.